The van der Waals surface area contributed by atoms with Gasteiger partial charge in [-0.05, 0) is 61.5 Å². The SMILES string of the molecule is Cc1cc(C)cc(N2C(=O)C(=Cc3cn(CC(=O)O)c4ccccc34)C(=O)NC2=S)c1. The number of aryl methyl sites for hydroxylation is 2. The fraction of sp³-hybridized carbons (Fsp3) is 0.130. The molecule has 0 spiro atoms. The lowest BCUT2D eigenvalue weighted by molar-refractivity contribution is -0.137. The van der Waals surface area contributed by atoms with Gasteiger partial charge in [-0.3, -0.25) is 24.6 Å². The smallest absolute Gasteiger partial charge is 0.323 e. The van der Waals surface area contributed by atoms with Crippen LogP contribution in [0.4, 0.5) is 5.69 Å². The fourth-order valence-electron chi connectivity index (χ4n) is 3.79. The van der Waals surface area contributed by atoms with Crippen molar-refractivity contribution in [2.75, 3.05) is 4.90 Å². The molecule has 2 amide bonds. The van der Waals surface area contributed by atoms with E-state index in [1.54, 1.807) is 22.9 Å². The first kappa shape index (κ1) is 20.5. The number of carboxylic acids is 1. The van der Waals surface area contributed by atoms with E-state index in [9.17, 15) is 19.5 Å². The van der Waals surface area contributed by atoms with Gasteiger partial charge in [-0.2, -0.15) is 0 Å². The van der Waals surface area contributed by atoms with Gasteiger partial charge in [0.1, 0.15) is 12.1 Å². The van der Waals surface area contributed by atoms with E-state index >= 15 is 0 Å². The van der Waals surface area contributed by atoms with Crippen molar-refractivity contribution in [1.29, 1.82) is 0 Å². The summed E-state index contributed by atoms with van der Waals surface area (Å²) in [6.07, 6.45) is 3.11. The molecule has 1 aliphatic rings. The van der Waals surface area contributed by atoms with E-state index in [0.29, 0.717) is 16.8 Å². The number of fused-ring (bicyclic) bond motifs is 1. The van der Waals surface area contributed by atoms with Crippen molar-refractivity contribution in [3.63, 3.8) is 0 Å². The molecule has 7 nitrogen and oxygen atoms in total. The number of nitrogens with one attached hydrogen (secondary N) is 1. The first-order valence-corrected chi connectivity index (χ1v) is 9.95. The number of carbonyl (C=O) groups excluding carboxylic acids is 2. The average molecular weight is 433 g/mol. The van der Waals surface area contributed by atoms with Crippen LogP contribution in [0.25, 0.3) is 17.0 Å². The molecule has 1 aromatic heterocycles. The number of carbonyl (C=O) groups is 3. The quantitative estimate of drug-likeness (QED) is 0.375. The van der Waals surface area contributed by atoms with Crippen LogP contribution < -0.4 is 10.2 Å². The standard InChI is InChI=1S/C23H19N3O4S/c1-13-7-14(2)9-16(8-13)26-22(30)18(21(29)24-23(26)31)10-15-11-25(12-20(27)28)19-6-4-3-5-17(15)19/h3-11H,12H2,1-2H3,(H,27,28)(H,24,29,31). The van der Waals surface area contributed by atoms with Crippen LogP contribution in [0.1, 0.15) is 16.7 Å². The number of para-hydroxylation sites is 1. The minimum Gasteiger partial charge on any atom is -0.480 e. The molecule has 1 fully saturated rings. The number of rotatable bonds is 4. The van der Waals surface area contributed by atoms with Gasteiger partial charge in [-0.25, -0.2) is 0 Å². The van der Waals surface area contributed by atoms with Gasteiger partial charge in [-0.15, -0.1) is 0 Å². The molecular weight excluding hydrogens is 414 g/mol. The van der Waals surface area contributed by atoms with Crippen molar-refractivity contribution in [3.8, 4) is 0 Å². The molecule has 0 bridgehead atoms. The summed E-state index contributed by atoms with van der Waals surface area (Å²) in [4.78, 5) is 38.5. The van der Waals surface area contributed by atoms with E-state index in [-0.39, 0.29) is 17.2 Å². The molecule has 0 unspecified atom stereocenters. The summed E-state index contributed by atoms with van der Waals surface area (Å²) in [6, 6.07) is 12.9. The monoisotopic (exact) mass is 433 g/mol. The molecular formula is C23H19N3O4S. The molecule has 0 saturated carbocycles. The van der Waals surface area contributed by atoms with Crippen molar-refractivity contribution in [2.45, 2.75) is 20.4 Å². The second-order valence-electron chi connectivity index (χ2n) is 7.43. The van der Waals surface area contributed by atoms with Gasteiger partial charge >= 0.3 is 5.97 Å². The number of hydrogen-bond acceptors (Lipinski definition) is 4. The Hall–Kier alpha value is -3.78. The van der Waals surface area contributed by atoms with E-state index in [2.05, 4.69) is 5.32 Å². The van der Waals surface area contributed by atoms with Crippen LogP contribution in [0.2, 0.25) is 0 Å². The van der Waals surface area contributed by atoms with Gasteiger partial charge in [0.05, 0.1) is 5.69 Å². The van der Waals surface area contributed by atoms with E-state index in [1.807, 2.05) is 44.2 Å². The summed E-state index contributed by atoms with van der Waals surface area (Å²) in [5.41, 5.74) is 3.69. The summed E-state index contributed by atoms with van der Waals surface area (Å²) < 4.78 is 1.57. The van der Waals surface area contributed by atoms with Gasteiger partial charge in [0.2, 0.25) is 0 Å². The third-order valence-corrected chi connectivity index (χ3v) is 5.28. The van der Waals surface area contributed by atoms with Crippen molar-refractivity contribution in [1.82, 2.24) is 9.88 Å². The zero-order chi connectivity index (χ0) is 22.3. The summed E-state index contributed by atoms with van der Waals surface area (Å²) in [6.45, 7) is 3.60. The number of aliphatic carboxylic acids is 1. The number of carboxylic acid groups (broad SMARTS) is 1. The molecule has 1 aliphatic heterocycles. The van der Waals surface area contributed by atoms with E-state index < -0.39 is 17.8 Å². The lowest BCUT2D eigenvalue weighted by Gasteiger charge is -2.29. The van der Waals surface area contributed by atoms with Gasteiger partial charge in [0.25, 0.3) is 11.8 Å². The molecule has 0 atom stereocenters. The Balaban J connectivity index is 1.82. The molecule has 8 heteroatoms. The fourth-order valence-corrected chi connectivity index (χ4v) is 4.07. The molecule has 3 aromatic rings. The highest BCUT2D eigenvalue weighted by atomic mass is 32.1. The van der Waals surface area contributed by atoms with Crippen LogP contribution in [0.3, 0.4) is 0 Å². The van der Waals surface area contributed by atoms with Crippen molar-refractivity contribution >= 4 is 57.8 Å². The summed E-state index contributed by atoms with van der Waals surface area (Å²) >= 11 is 5.27. The van der Waals surface area contributed by atoms with Crippen LogP contribution in [-0.4, -0.2) is 32.6 Å². The number of amides is 2. The van der Waals surface area contributed by atoms with Gasteiger partial charge < -0.3 is 9.67 Å². The van der Waals surface area contributed by atoms with E-state index in [1.165, 1.54) is 11.0 Å². The number of aromatic nitrogens is 1. The van der Waals surface area contributed by atoms with Crippen LogP contribution in [0, 0.1) is 13.8 Å². The van der Waals surface area contributed by atoms with Crippen molar-refractivity contribution in [2.24, 2.45) is 0 Å². The largest absolute Gasteiger partial charge is 0.480 e. The van der Waals surface area contributed by atoms with E-state index in [4.69, 9.17) is 12.2 Å². The van der Waals surface area contributed by atoms with Crippen LogP contribution in [0.5, 0.6) is 0 Å². The minimum absolute atomic E-state index is 0.0189. The molecule has 2 N–H and O–H groups in total. The normalized spacial score (nSPS) is 15.6. The number of benzene rings is 2. The third-order valence-electron chi connectivity index (χ3n) is 4.99. The van der Waals surface area contributed by atoms with Crippen LogP contribution >= 0.6 is 12.2 Å². The maximum absolute atomic E-state index is 13.3. The topological polar surface area (TPSA) is 91.6 Å². The maximum atomic E-state index is 13.3. The number of anilines is 1. The van der Waals surface area contributed by atoms with Gasteiger partial charge in [0, 0.05) is 22.7 Å². The first-order chi connectivity index (χ1) is 14.7. The Labute approximate surface area is 183 Å². The van der Waals surface area contributed by atoms with Crippen LogP contribution in [-0.2, 0) is 20.9 Å². The van der Waals surface area contributed by atoms with E-state index in [0.717, 1.165) is 16.5 Å². The van der Waals surface area contributed by atoms with Crippen LogP contribution in [0.15, 0.2) is 54.2 Å². The lowest BCUT2D eigenvalue weighted by Crippen LogP contribution is -2.54. The average Bonchev–Trinajstić information content (AvgIpc) is 3.01. The Kier molecular flexibility index (Phi) is 5.16. The molecule has 156 valence electrons. The highest BCUT2D eigenvalue weighted by molar-refractivity contribution is 7.80. The summed E-state index contributed by atoms with van der Waals surface area (Å²) in [5.74, 6) is -2.11. The minimum atomic E-state index is -0.988. The highest BCUT2D eigenvalue weighted by Crippen LogP contribution is 2.27. The molecule has 31 heavy (non-hydrogen) atoms. The number of thiocarbonyl (C=S) groups is 1. The third kappa shape index (κ3) is 3.85. The lowest BCUT2D eigenvalue weighted by atomic mass is 10.1. The predicted molar refractivity (Wildman–Crippen MR) is 122 cm³/mol. The van der Waals surface area contributed by atoms with Gasteiger partial charge in [-0.1, -0.05) is 24.3 Å². The summed E-state index contributed by atoms with van der Waals surface area (Å²) in [5, 5.41) is 12.5. The Morgan fingerprint density at radius 2 is 1.81 bits per heavy atom. The maximum Gasteiger partial charge on any atom is 0.323 e. The molecule has 2 heterocycles. The van der Waals surface area contributed by atoms with Gasteiger partial charge in [0.15, 0.2) is 5.11 Å². The second kappa shape index (κ2) is 7.81. The Morgan fingerprint density at radius 1 is 1.13 bits per heavy atom. The Morgan fingerprint density at radius 3 is 2.48 bits per heavy atom. The summed E-state index contributed by atoms with van der Waals surface area (Å²) in [7, 11) is 0. The number of hydrogen-bond donors (Lipinski definition) is 2. The zero-order valence-electron chi connectivity index (χ0n) is 16.9. The highest BCUT2D eigenvalue weighted by Gasteiger charge is 2.34. The van der Waals surface area contributed by atoms with Crippen molar-refractivity contribution in [3.05, 3.63) is 70.9 Å². The molecule has 0 aliphatic carbocycles. The molecule has 2 aromatic carbocycles. The first-order valence-electron chi connectivity index (χ1n) is 9.54. The Bertz CT molecular complexity index is 1290. The predicted octanol–water partition coefficient (Wildman–Crippen LogP) is 3.17. The molecule has 4 rings (SSSR count). The molecule has 0 radical (unpaired) electrons. The molecule has 1 saturated heterocycles. The second-order valence-corrected chi connectivity index (χ2v) is 7.81. The zero-order valence-corrected chi connectivity index (χ0v) is 17.7. The number of nitrogens with zero attached hydrogens (tertiary/aromatic N) is 2. The van der Waals surface area contributed by atoms with Crippen molar-refractivity contribution < 1.29 is 19.5 Å².